The van der Waals surface area contributed by atoms with Gasteiger partial charge in [-0.2, -0.15) is 0 Å². The molecule has 1 aliphatic rings. The third-order valence-corrected chi connectivity index (χ3v) is 3.64. The number of hydrogen-bond acceptors (Lipinski definition) is 6. The fourth-order valence-corrected chi connectivity index (χ4v) is 2.46. The summed E-state index contributed by atoms with van der Waals surface area (Å²) in [5, 5.41) is 19.1. The van der Waals surface area contributed by atoms with Crippen LogP contribution in [0.25, 0.3) is 17.1 Å². The second kappa shape index (κ2) is 6.17. The number of allylic oxidation sites excluding steroid dienone is 1. The highest BCUT2D eigenvalue weighted by molar-refractivity contribution is 6.26. The van der Waals surface area contributed by atoms with Crippen LogP contribution in [0.2, 0.25) is 0 Å². The zero-order chi connectivity index (χ0) is 17.3. The number of carboxylic acids is 1. The van der Waals surface area contributed by atoms with E-state index in [0.29, 0.717) is 11.2 Å². The molecule has 3 heterocycles. The van der Waals surface area contributed by atoms with Crippen LogP contribution < -0.4 is 0 Å². The van der Waals surface area contributed by atoms with Crippen molar-refractivity contribution in [3.63, 3.8) is 0 Å². The number of aromatic nitrogens is 2. The number of carboxylic acid groups (broad SMARTS) is 1. The van der Waals surface area contributed by atoms with Crippen LogP contribution >= 0.6 is 0 Å². The van der Waals surface area contributed by atoms with E-state index in [0.717, 1.165) is 5.39 Å². The van der Waals surface area contributed by atoms with Gasteiger partial charge in [0.2, 0.25) is 11.7 Å². The highest BCUT2D eigenvalue weighted by atomic mass is 16.5. The monoisotopic (exact) mass is 329 g/mol. The summed E-state index contributed by atoms with van der Waals surface area (Å²) in [6.07, 6.45) is 4.78. The summed E-state index contributed by atoms with van der Waals surface area (Å²) in [6.45, 7) is -0.0543. The van der Waals surface area contributed by atoms with Crippen LogP contribution in [0.1, 0.15) is 5.56 Å². The number of carbonyl (C=O) groups excluding carboxylic acids is 1. The van der Waals surface area contributed by atoms with E-state index in [1.165, 1.54) is 11.0 Å². The van der Waals surface area contributed by atoms with Crippen molar-refractivity contribution in [1.82, 2.24) is 14.9 Å². The molecule has 0 saturated carbocycles. The zero-order valence-corrected chi connectivity index (χ0v) is 12.8. The summed E-state index contributed by atoms with van der Waals surface area (Å²) >= 11 is 0. The van der Waals surface area contributed by atoms with Crippen molar-refractivity contribution in [2.75, 3.05) is 20.2 Å². The number of Topliss-reactive ketones (excluding diaryl/α,β-unsaturated/α-hetero) is 1. The lowest BCUT2D eigenvalue weighted by Gasteiger charge is -2.18. The molecule has 3 rings (SSSR count). The lowest BCUT2D eigenvalue weighted by molar-refractivity contribution is -0.134. The zero-order valence-electron chi connectivity index (χ0n) is 12.8. The number of nitrogens with one attached hydrogen (secondary N) is 1. The van der Waals surface area contributed by atoms with Crippen LogP contribution in [0.4, 0.5) is 0 Å². The SMILES string of the molecule is CN(CCO)C1=C(C(=O)O)C(=O)/C(=C/c2c[nH]c3ncccc23)O1. The maximum absolute atomic E-state index is 12.4. The van der Waals surface area contributed by atoms with Gasteiger partial charge >= 0.3 is 5.97 Å². The number of likely N-dealkylation sites (N-methyl/N-ethyl adjacent to an activating group) is 1. The standard InChI is InChI=1S/C16H15N3O5/c1-19(5-6-20)15-12(16(22)23)13(21)11(24-15)7-9-8-18-14-10(9)3-2-4-17-14/h2-4,7-8,20H,5-6H2,1H3,(H,17,18)(H,22,23)/b11-7-. The van der Waals surface area contributed by atoms with Crippen LogP contribution in [0.3, 0.4) is 0 Å². The largest absolute Gasteiger partial charge is 0.477 e. The molecule has 0 unspecified atom stereocenters. The van der Waals surface area contributed by atoms with E-state index < -0.39 is 17.3 Å². The fourth-order valence-electron chi connectivity index (χ4n) is 2.46. The average Bonchev–Trinajstić information content (AvgIpc) is 3.10. The quantitative estimate of drug-likeness (QED) is 0.547. The van der Waals surface area contributed by atoms with Gasteiger partial charge in [0, 0.05) is 36.9 Å². The van der Waals surface area contributed by atoms with Gasteiger partial charge < -0.3 is 24.8 Å². The molecule has 0 bridgehead atoms. The Labute approximate surface area is 136 Å². The van der Waals surface area contributed by atoms with Gasteiger partial charge in [0.25, 0.3) is 0 Å². The van der Waals surface area contributed by atoms with Crippen molar-refractivity contribution in [1.29, 1.82) is 0 Å². The Kier molecular flexibility index (Phi) is 4.05. The van der Waals surface area contributed by atoms with Crippen LogP contribution in [0, 0.1) is 0 Å². The Balaban J connectivity index is 2.00. The molecular formula is C16H15N3O5. The molecule has 8 heteroatoms. The Morgan fingerprint density at radius 2 is 2.29 bits per heavy atom. The predicted molar refractivity (Wildman–Crippen MR) is 84.5 cm³/mol. The number of ether oxygens (including phenoxy) is 1. The number of rotatable bonds is 5. The van der Waals surface area contributed by atoms with Crippen LogP contribution in [-0.4, -0.2) is 57.0 Å². The van der Waals surface area contributed by atoms with Crippen LogP contribution in [-0.2, 0) is 14.3 Å². The number of hydrogen-bond donors (Lipinski definition) is 3. The third kappa shape index (κ3) is 2.63. The Morgan fingerprint density at radius 3 is 3.00 bits per heavy atom. The van der Waals surface area contributed by atoms with Crippen molar-refractivity contribution in [3.05, 3.63) is 47.3 Å². The molecule has 0 aromatic carbocycles. The smallest absolute Gasteiger partial charge is 0.345 e. The maximum atomic E-state index is 12.4. The Hall–Kier alpha value is -3.13. The molecule has 0 atom stereocenters. The van der Waals surface area contributed by atoms with Crippen molar-refractivity contribution in [2.45, 2.75) is 0 Å². The minimum absolute atomic E-state index is 0.0780. The molecule has 3 N–H and O–H groups in total. The van der Waals surface area contributed by atoms with Crippen LogP contribution in [0.5, 0.6) is 0 Å². The topological polar surface area (TPSA) is 116 Å². The van der Waals surface area contributed by atoms with Crippen LogP contribution in [0.15, 0.2) is 41.7 Å². The van der Waals surface area contributed by atoms with Gasteiger partial charge in [0.05, 0.1) is 6.61 Å². The summed E-state index contributed by atoms with van der Waals surface area (Å²) in [7, 11) is 1.54. The molecule has 2 aromatic heterocycles. The molecule has 0 radical (unpaired) electrons. The fraction of sp³-hybridized carbons (Fsp3) is 0.188. The number of fused-ring (bicyclic) bond motifs is 1. The number of ketones is 1. The van der Waals surface area contributed by atoms with E-state index >= 15 is 0 Å². The van der Waals surface area contributed by atoms with Gasteiger partial charge in [-0.3, -0.25) is 4.79 Å². The van der Waals surface area contributed by atoms with Gasteiger partial charge in [-0.15, -0.1) is 0 Å². The number of aromatic amines is 1. The summed E-state index contributed by atoms with van der Waals surface area (Å²) in [4.78, 5) is 32.3. The molecule has 124 valence electrons. The normalized spacial score (nSPS) is 16.1. The first-order chi connectivity index (χ1) is 11.5. The van der Waals surface area contributed by atoms with Crippen molar-refractivity contribution >= 4 is 28.9 Å². The number of pyridine rings is 1. The molecule has 0 saturated heterocycles. The summed E-state index contributed by atoms with van der Waals surface area (Å²) in [5.74, 6) is -2.24. The first-order valence-corrected chi connectivity index (χ1v) is 7.19. The second-order valence-corrected chi connectivity index (χ2v) is 5.21. The first-order valence-electron chi connectivity index (χ1n) is 7.19. The van der Waals surface area contributed by atoms with Gasteiger partial charge in [0.1, 0.15) is 5.65 Å². The lowest BCUT2D eigenvalue weighted by Crippen LogP contribution is -2.24. The van der Waals surface area contributed by atoms with E-state index in [2.05, 4.69) is 9.97 Å². The van der Waals surface area contributed by atoms with Crippen molar-refractivity contribution < 1.29 is 24.5 Å². The minimum atomic E-state index is -1.37. The van der Waals surface area contributed by atoms with Gasteiger partial charge in [0.15, 0.2) is 11.3 Å². The van der Waals surface area contributed by atoms with Crippen molar-refractivity contribution in [2.24, 2.45) is 0 Å². The van der Waals surface area contributed by atoms with Crippen molar-refractivity contribution in [3.8, 4) is 0 Å². The molecule has 24 heavy (non-hydrogen) atoms. The highest BCUT2D eigenvalue weighted by Gasteiger charge is 2.37. The lowest BCUT2D eigenvalue weighted by atomic mass is 10.1. The number of aliphatic hydroxyl groups excluding tert-OH is 1. The first kappa shape index (κ1) is 15.8. The van der Waals surface area contributed by atoms with Gasteiger partial charge in [-0.1, -0.05) is 0 Å². The average molecular weight is 329 g/mol. The van der Waals surface area contributed by atoms with Gasteiger partial charge in [-0.05, 0) is 18.2 Å². The molecule has 0 fully saturated rings. The summed E-state index contributed by atoms with van der Waals surface area (Å²) in [6, 6.07) is 3.59. The molecule has 2 aromatic rings. The van der Waals surface area contributed by atoms with E-state index in [9.17, 15) is 14.7 Å². The molecule has 0 amide bonds. The number of H-pyrrole nitrogens is 1. The number of nitrogens with zero attached hydrogens (tertiary/aromatic N) is 2. The molecule has 0 spiro atoms. The third-order valence-electron chi connectivity index (χ3n) is 3.64. The second-order valence-electron chi connectivity index (χ2n) is 5.21. The summed E-state index contributed by atoms with van der Waals surface area (Å²) < 4.78 is 5.48. The van der Waals surface area contributed by atoms with E-state index in [4.69, 9.17) is 9.84 Å². The summed E-state index contributed by atoms with van der Waals surface area (Å²) in [5.41, 5.74) is 0.867. The minimum Gasteiger partial charge on any atom is -0.477 e. The molecule has 8 nitrogen and oxygen atoms in total. The predicted octanol–water partition coefficient (Wildman–Crippen LogP) is 0.723. The number of carbonyl (C=O) groups is 2. The Morgan fingerprint density at radius 1 is 1.50 bits per heavy atom. The number of aliphatic carboxylic acids is 1. The molecule has 1 aliphatic heterocycles. The number of aliphatic hydroxyl groups is 1. The maximum Gasteiger partial charge on any atom is 0.345 e. The molecular weight excluding hydrogens is 314 g/mol. The van der Waals surface area contributed by atoms with E-state index in [1.54, 1.807) is 25.5 Å². The van der Waals surface area contributed by atoms with E-state index in [1.807, 2.05) is 6.07 Å². The van der Waals surface area contributed by atoms with Gasteiger partial charge in [-0.25, -0.2) is 9.78 Å². The Bertz CT molecular complexity index is 881. The highest BCUT2D eigenvalue weighted by Crippen LogP contribution is 2.29. The van der Waals surface area contributed by atoms with E-state index in [-0.39, 0.29) is 24.8 Å². The molecule has 0 aliphatic carbocycles.